The van der Waals surface area contributed by atoms with Crippen LogP contribution in [0.1, 0.15) is 0 Å². The van der Waals surface area contributed by atoms with E-state index in [2.05, 4.69) is 0 Å². The van der Waals surface area contributed by atoms with Crippen molar-refractivity contribution in [2.45, 2.75) is 13.6 Å². The zero-order valence-electron chi connectivity index (χ0n) is 3.08. The molecular formula is C2H8BO. The molecule has 0 rings (SSSR count). The van der Waals surface area contributed by atoms with Gasteiger partial charge < -0.3 is 5.48 Å². The highest BCUT2D eigenvalue weighted by molar-refractivity contribution is 6.31. The smallest absolute Gasteiger partial charge is 0.102 e. The molecule has 2 heteroatoms. The van der Waals surface area contributed by atoms with Gasteiger partial charge in [0.15, 0.2) is 0 Å². The summed E-state index contributed by atoms with van der Waals surface area (Å²) in [5, 5.41) is 0. The summed E-state index contributed by atoms with van der Waals surface area (Å²) in [6.07, 6.45) is 0. The molecule has 0 aromatic carbocycles. The van der Waals surface area contributed by atoms with Crippen molar-refractivity contribution in [3.05, 3.63) is 0 Å². The maximum atomic E-state index is 2.00. The Morgan fingerprint density at radius 3 is 1.25 bits per heavy atom. The summed E-state index contributed by atoms with van der Waals surface area (Å²) in [5.74, 6) is 0. The Morgan fingerprint density at radius 1 is 1.25 bits per heavy atom. The third-order valence-corrected chi connectivity index (χ3v) is 0. The molecule has 0 aliphatic rings. The zero-order valence-corrected chi connectivity index (χ0v) is 3.08. The van der Waals surface area contributed by atoms with Gasteiger partial charge in [0.25, 0.3) is 0 Å². The molecule has 0 aromatic heterocycles. The Kier molecular flexibility index (Phi) is 26.5. The van der Waals surface area contributed by atoms with Crippen LogP contribution in [-0.4, -0.2) is 12.8 Å². The summed E-state index contributed by atoms with van der Waals surface area (Å²) < 4.78 is 0. The SMILES string of the molecule is C[B]C.O. The van der Waals surface area contributed by atoms with Crippen LogP contribution in [0, 0.1) is 0 Å². The van der Waals surface area contributed by atoms with Crippen LogP contribution in [0.3, 0.4) is 0 Å². The summed E-state index contributed by atoms with van der Waals surface area (Å²) in [6, 6.07) is 0. The molecule has 0 saturated carbocycles. The van der Waals surface area contributed by atoms with Gasteiger partial charge in [0.2, 0.25) is 0 Å². The molecule has 0 fully saturated rings. The molecule has 0 unspecified atom stereocenters. The Hall–Kier alpha value is 0.0249. The first-order valence-electron chi connectivity index (χ1n) is 1.15. The van der Waals surface area contributed by atoms with E-state index in [4.69, 9.17) is 0 Å². The maximum absolute atomic E-state index is 2.00. The normalized spacial score (nSPS) is 3.50. The van der Waals surface area contributed by atoms with Gasteiger partial charge in [-0.3, -0.25) is 0 Å². The highest BCUT2D eigenvalue weighted by Gasteiger charge is 1.42. The van der Waals surface area contributed by atoms with Gasteiger partial charge in [-0.25, -0.2) is 0 Å². The lowest BCUT2D eigenvalue weighted by Gasteiger charge is -1.41. The molecule has 0 aliphatic carbocycles. The monoisotopic (exact) mass is 59.1 g/mol. The number of hydrogen-bond donors (Lipinski definition) is 0. The number of hydrogen-bond acceptors (Lipinski definition) is 0. The van der Waals surface area contributed by atoms with Gasteiger partial charge in [-0.1, -0.05) is 13.6 Å². The van der Waals surface area contributed by atoms with Crippen molar-refractivity contribution in [1.29, 1.82) is 0 Å². The summed E-state index contributed by atoms with van der Waals surface area (Å²) in [7, 11) is 2.00. The van der Waals surface area contributed by atoms with Crippen molar-refractivity contribution in [3.8, 4) is 0 Å². The third-order valence-electron chi connectivity index (χ3n) is 0. The van der Waals surface area contributed by atoms with Crippen molar-refractivity contribution in [2.24, 2.45) is 0 Å². The minimum Gasteiger partial charge on any atom is -0.412 e. The van der Waals surface area contributed by atoms with E-state index in [0.29, 0.717) is 0 Å². The Balaban J connectivity index is 0. The van der Waals surface area contributed by atoms with Gasteiger partial charge in [-0.15, -0.1) is 0 Å². The van der Waals surface area contributed by atoms with E-state index >= 15 is 0 Å². The zero-order chi connectivity index (χ0) is 2.71. The second-order valence-corrected chi connectivity index (χ2v) is 0.577. The molecule has 25 valence electrons. The van der Waals surface area contributed by atoms with Crippen LogP contribution >= 0.6 is 0 Å². The highest BCUT2D eigenvalue weighted by Crippen LogP contribution is 1.36. The van der Waals surface area contributed by atoms with E-state index in [0.717, 1.165) is 0 Å². The van der Waals surface area contributed by atoms with Crippen molar-refractivity contribution < 1.29 is 5.48 Å². The van der Waals surface area contributed by atoms with E-state index in [1.54, 1.807) is 0 Å². The fourth-order valence-electron chi connectivity index (χ4n) is 0. The third kappa shape index (κ3) is 3420. The first-order valence-corrected chi connectivity index (χ1v) is 1.15. The van der Waals surface area contributed by atoms with Crippen molar-refractivity contribution in [1.82, 2.24) is 0 Å². The van der Waals surface area contributed by atoms with Gasteiger partial charge >= 0.3 is 0 Å². The lowest BCUT2D eigenvalue weighted by atomic mass is 9.88. The fraction of sp³-hybridized carbons (Fsp3) is 1.00. The van der Waals surface area contributed by atoms with Crippen LogP contribution in [0.25, 0.3) is 0 Å². The summed E-state index contributed by atoms with van der Waals surface area (Å²) in [5.41, 5.74) is 0. The average molecular weight is 58.9 g/mol. The predicted octanol–water partition coefficient (Wildman–Crippen LogP) is -0.0379. The van der Waals surface area contributed by atoms with E-state index < -0.39 is 0 Å². The molecule has 0 amide bonds. The maximum Gasteiger partial charge on any atom is 0.102 e. The van der Waals surface area contributed by atoms with E-state index in [-0.39, 0.29) is 5.48 Å². The minimum atomic E-state index is 0. The quantitative estimate of drug-likeness (QED) is 0.351. The molecule has 0 atom stereocenters. The Labute approximate surface area is 27.6 Å². The van der Waals surface area contributed by atoms with Crippen LogP contribution < -0.4 is 0 Å². The lowest BCUT2D eigenvalue weighted by molar-refractivity contribution is 0.824. The summed E-state index contributed by atoms with van der Waals surface area (Å²) in [6.45, 7) is 4.00. The highest BCUT2D eigenvalue weighted by atomic mass is 16.0. The first-order chi connectivity index (χ1) is 1.41. The van der Waals surface area contributed by atoms with Crippen LogP contribution in [0.15, 0.2) is 0 Å². The topological polar surface area (TPSA) is 31.5 Å². The van der Waals surface area contributed by atoms with Crippen LogP contribution in [0.4, 0.5) is 0 Å². The molecule has 0 saturated heterocycles. The standard InChI is InChI=1S/C2H6B.H2O/c1-3-2;/h1-2H3;1H2. The number of rotatable bonds is 0. The minimum absolute atomic E-state index is 0. The molecule has 0 bridgehead atoms. The molecule has 0 aromatic rings. The van der Waals surface area contributed by atoms with Gasteiger partial charge in [-0.05, 0) is 0 Å². The molecule has 1 radical (unpaired) electrons. The Morgan fingerprint density at radius 2 is 1.25 bits per heavy atom. The summed E-state index contributed by atoms with van der Waals surface area (Å²) in [4.78, 5) is 0. The first kappa shape index (κ1) is 8.98. The second kappa shape index (κ2) is 11.8. The molecule has 0 heterocycles. The fourth-order valence-corrected chi connectivity index (χ4v) is 0. The van der Waals surface area contributed by atoms with Crippen LogP contribution in [0.2, 0.25) is 13.6 Å². The molecule has 2 N–H and O–H groups in total. The van der Waals surface area contributed by atoms with Gasteiger partial charge in [-0.2, -0.15) is 0 Å². The van der Waals surface area contributed by atoms with Crippen molar-refractivity contribution >= 4 is 7.28 Å². The van der Waals surface area contributed by atoms with Crippen LogP contribution in [-0.2, 0) is 0 Å². The molecular weight excluding hydrogens is 50.8 g/mol. The predicted molar refractivity (Wildman–Crippen MR) is 21.1 cm³/mol. The van der Waals surface area contributed by atoms with E-state index in [9.17, 15) is 0 Å². The average Bonchev–Trinajstić information content (AvgIpc) is 0.918. The van der Waals surface area contributed by atoms with Gasteiger partial charge in [0, 0.05) is 0 Å². The second-order valence-electron chi connectivity index (χ2n) is 0.577. The van der Waals surface area contributed by atoms with Crippen molar-refractivity contribution in [2.75, 3.05) is 0 Å². The van der Waals surface area contributed by atoms with E-state index in [1.165, 1.54) is 0 Å². The largest absolute Gasteiger partial charge is 0.412 e. The Bertz CT molecular complexity index is 6.00. The van der Waals surface area contributed by atoms with Gasteiger partial charge in [0.05, 0.1) is 0 Å². The van der Waals surface area contributed by atoms with Gasteiger partial charge in [0.1, 0.15) is 7.28 Å². The molecule has 0 spiro atoms. The summed E-state index contributed by atoms with van der Waals surface area (Å²) >= 11 is 0. The van der Waals surface area contributed by atoms with E-state index in [1.807, 2.05) is 20.9 Å². The van der Waals surface area contributed by atoms with Crippen LogP contribution in [0.5, 0.6) is 0 Å². The van der Waals surface area contributed by atoms with Crippen molar-refractivity contribution in [3.63, 3.8) is 0 Å². The lowest BCUT2D eigenvalue weighted by Crippen LogP contribution is -1.53. The molecule has 0 aliphatic heterocycles. The molecule has 4 heavy (non-hydrogen) atoms. The molecule has 1 nitrogen and oxygen atoms in total.